The van der Waals surface area contributed by atoms with Crippen LogP contribution in [0.1, 0.15) is 43.0 Å². The van der Waals surface area contributed by atoms with Crippen LogP contribution >= 0.6 is 0 Å². The maximum absolute atomic E-state index is 12.6. The van der Waals surface area contributed by atoms with Gasteiger partial charge in [-0.1, -0.05) is 56.2 Å². The molecule has 1 heterocycles. The van der Waals surface area contributed by atoms with E-state index in [1.807, 2.05) is 42.5 Å². The lowest BCUT2D eigenvalue weighted by Crippen LogP contribution is -2.42. The highest BCUT2D eigenvalue weighted by molar-refractivity contribution is 5.94. The molecule has 0 spiro atoms. The number of pyridine rings is 1. The molecule has 2 N–H and O–H groups in total. The van der Waals surface area contributed by atoms with E-state index in [2.05, 4.69) is 23.3 Å². The number of aromatic nitrogens is 1. The van der Waals surface area contributed by atoms with Gasteiger partial charge in [0, 0.05) is 11.7 Å². The van der Waals surface area contributed by atoms with E-state index in [9.17, 15) is 9.59 Å². The molecule has 1 aliphatic carbocycles. The molecule has 2 atom stereocenters. The van der Waals surface area contributed by atoms with Crippen molar-refractivity contribution in [3.05, 3.63) is 70.5 Å². The quantitative estimate of drug-likeness (QED) is 0.722. The number of nitrogens with one attached hydrogen (secondary N) is 2. The summed E-state index contributed by atoms with van der Waals surface area (Å²) in [5.41, 5.74) is 1.48. The third-order valence-corrected chi connectivity index (χ3v) is 5.64. The van der Waals surface area contributed by atoms with E-state index in [0.717, 1.165) is 35.6 Å². The van der Waals surface area contributed by atoms with Gasteiger partial charge < -0.3 is 10.3 Å². The first-order valence-corrected chi connectivity index (χ1v) is 9.65. The topological polar surface area (TPSA) is 62.0 Å². The molecule has 1 aromatic heterocycles. The number of hydrogen-bond acceptors (Lipinski definition) is 2. The molecule has 27 heavy (non-hydrogen) atoms. The number of H-pyrrole nitrogens is 1. The van der Waals surface area contributed by atoms with E-state index < -0.39 is 0 Å². The molecule has 4 heteroatoms. The first-order valence-electron chi connectivity index (χ1n) is 9.65. The van der Waals surface area contributed by atoms with Crippen LogP contribution in [-0.2, 0) is 0 Å². The summed E-state index contributed by atoms with van der Waals surface area (Å²) in [6, 6.07) is 17.8. The van der Waals surface area contributed by atoms with Crippen molar-refractivity contribution in [2.45, 2.75) is 38.6 Å². The van der Waals surface area contributed by atoms with Gasteiger partial charge in [0.2, 0.25) is 0 Å². The maximum Gasteiger partial charge on any atom is 0.261 e. The summed E-state index contributed by atoms with van der Waals surface area (Å²) in [5.74, 6) is 0.179. The highest BCUT2D eigenvalue weighted by Crippen LogP contribution is 2.24. The van der Waals surface area contributed by atoms with Crippen molar-refractivity contribution >= 4 is 16.7 Å². The minimum absolute atomic E-state index is 0.158. The lowest BCUT2D eigenvalue weighted by molar-refractivity contribution is 0.0909. The second-order valence-corrected chi connectivity index (χ2v) is 7.52. The van der Waals surface area contributed by atoms with Crippen LogP contribution in [0.5, 0.6) is 0 Å². The first-order chi connectivity index (χ1) is 13.1. The van der Waals surface area contributed by atoms with Gasteiger partial charge in [0.1, 0.15) is 5.56 Å². The van der Waals surface area contributed by atoms with Gasteiger partial charge in [-0.05, 0) is 53.3 Å². The third-order valence-electron chi connectivity index (χ3n) is 5.64. The molecule has 0 radical (unpaired) electrons. The lowest BCUT2D eigenvalue weighted by atomic mass is 9.86. The van der Waals surface area contributed by atoms with Gasteiger partial charge in [0.25, 0.3) is 11.5 Å². The number of aromatic amines is 1. The average Bonchev–Trinajstić information content (AvgIpc) is 2.69. The van der Waals surface area contributed by atoms with Crippen molar-refractivity contribution < 1.29 is 4.79 Å². The smallest absolute Gasteiger partial charge is 0.261 e. The Hall–Kier alpha value is -2.88. The Labute approximate surface area is 158 Å². The van der Waals surface area contributed by atoms with Crippen LogP contribution in [0.2, 0.25) is 0 Å². The van der Waals surface area contributed by atoms with Crippen LogP contribution in [0, 0.1) is 5.92 Å². The number of carbonyl (C=O) groups excluding carboxylic acids is 1. The number of hydrogen-bond donors (Lipinski definition) is 2. The first kappa shape index (κ1) is 17.5. The molecule has 0 saturated heterocycles. The largest absolute Gasteiger partial charge is 0.349 e. The van der Waals surface area contributed by atoms with Crippen LogP contribution in [0.3, 0.4) is 0 Å². The van der Waals surface area contributed by atoms with E-state index in [0.29, 0.717) is 11.6 Å². The van der Waals surface area contributed by atoms with Gasteiger partial charge >= 0.3 is 0 Å². The Morgan fingerprint density at radius 2 is 1.78 bits per heavy atom. The van der Waals surface area contributed by atoms with E-state index in [1.165, 1.54) is 6.42 Å². The number of fused-ring (bicyclic) bond motifs is 1. The van der Waals surface area contributed by atoms with Gasteiger partial charge in [-0.25, -0.2) is 0 Å². The molecule has 2 unspecified atom stereocenters. The second kappa shape index (κ2) is 7.39. The van der Waals surface area contributed by atoms with Gasteiger partial charge in [-0.2, -0.15) is 0 Å². The molecule has 1 amide bonds. The van der Waals surface area contributed by atoms with E-state index in [1.54, 1.807) is 6.07 Å². The minimum Gasteiger partial charge on any atom is -0.349 e. The molecule has 3 aromatic rings. The van der Waals surface area contributed by atoms with Crippen molar-refractivity contribution in [2.75, 3.05) is 0 Å². The van der Waals surface area contributed by atoms with Gasteiger partial charge in [0.05, 0.1) is 0 Å². The van der Waals surface area contributed by atoms with Gasteiger partial charge in [-0.15, -0.1) is 0 Å². The fourth-order valence-electron chi connectivity index (χ4n) is 3.95. The maximum atomic E-state index is 12.6. The fraction of sp³-hybridized carbons (Fsp3) is 0.304. The van der Waals surface area contributed by atoms with E-state index in [-0.39, 0.29) is 23.1 Å². The molecule has 0 bridgehead atoms. The molecule has 2 aromatic carbocycles. The molecule has 138 valence electrons. The number of rotatable bonds is 3. The molecular formula is C23H24N2O2. The summed E-state index contributed by atoms with van der Waals surface area (Å²) in [7, 11) is 0. The average molecular weight is 360 g/mol. The highest BCUT2D eigenvalue weighted by Gasteiger charge is 2.24. The van der Waals surface area contributed by atoms with Crippen LogP contribution in [0.25, 0.3) is 22.0 Å². The summed E-state index contributed by atoms with van der Waals surface area (Å²) >= 11 is 0. The van der Waals surface area contributed by atoms with Crippen molar-refractivity contribution in [3.8, 4) is 11.3 Å². The number of amides is 1. The van der Waals surface area contributed by atoms with Crippen molar-refractivity contribution in [1.82, 2.24) is 10.3 Å². The minimum atomic E-state index is -0.346. The van der Waals surface area contributed by atoms with Crippen LogP contribution in [0.15, 0.2) is 59.4 Å². The molecule has 4 nitrogen and oxygen atoms in total. The van der Waals surface area contributed by atoms with E-state index in [4.69, 9.17) is 0 Å². The molecule has 1 saturated carbocycles. The standard InChI is InChI=1S/C23H24N2O2/c1-15-6-2-5-9-20(15)24-22(26)19-12-13-21(25-23(19)27)18-11-10-16-7-3-4-8-17(16)14-18/h3-4,7-8,10-15,20H,2,5-6,9H2,1H3,(H,24,26)(H,25,27). The predicted molar refractivity (Wildman–Crippen MR) is 109 cm³/mol. The Kier molecular flexibility index (Phi) is 4.80. The summed E-state index contributed by atoms with van der Waals surface area (Å²) in [6.07, 6.45) is 4.46. The Morgan fingerprint density at radius 3 is 2.56 bits per heavy atom. The van der Waals surface area contributed by atoms with Crippen LogP contribution in [0.4, 0.5) is 0 Å². The highest BCUT2D eigenvalue weighted by atomic mass is 16.2. The van der Waals surface area contributed by atoms with Crippen molar-refractivity contribution in [1.29, 1.82) is 0 Å². The van der Waals surface area contributed by atoms with Crippen molar-refractivity contribution in [3.63, 3.8) is 0 Å². The summed E-state index contributed by atoms with van der Waals surface area (Å²) in [6.45, 7) is 2.16. The SMILES string of the molecule is CC1CCCCC1NC(=O)c1ccc(-c2ccc3ccccc3c2)[nH]c1=O. The summed E-state index contributed by atoms with van der Waals surface area (Å²) in [5, 5.41) is 5.32. The zero-order valence-corrected chi connectivity index (χ0v) is 15.5. The third kappa shape index (κ3) is 3.65. The fourth-order valence-corrected chi connectivity index (χ4v) is 3.95. The zero-order valence-electron chi connectivity index (χ0n) is 15.5. The van der Waals surface area contributed by atoms with E-state index >= 15 is 0 Å². The summed E-state index contributed by atoms with van der Waals surface area (Å²) < 4.78 is 0. The van der Waals surface area contributed by atoms with Gasteiger partial charge in [0.15, 0.2) is 0 Å². The summed E-state index contributed by atoms with van der Waals surface area (Å²) in [4.78, 5) is 28.0. The molecule has 1 aliphatic rings. The molecular weight excluding hydrogens is 336 g/mol. The Morgan fingerprint density at radius 1 is 1.00 bits per heavy atom. The lowest BCUT2D eigenvalue weighted by Gasteiger charge is -2.29. The second-order valence-electron chi connectivity index (χ2n) is 7.52. The molecule has 0 aliphatic heterocycles. The van der Waals surface area contributed by atoms with Crippen LogP contribution in [-0.4, -0.2) is 16.9 Å². The predicted octanol–water partition coefficient (Wildman–Crippen LogP) is 4.50. The number of carbonyl (C=O) groups is 1. The molecule has 4 rings (SSSR count). The zero-order chi connectivity index (χ0) is 18.8. The Balaban J connectivity index is 1.58. The van der Waals surface area contributed by atoms with Crippen molar-refractivity contribution in [2.24, 2.45) is 5.92 Å². The number of benzene rings is 2. The normalized spacial score (nSPS) is 19.7. The Bertz CT molecular complexity index is 1040. The van der Waals surface area contributed by atoms with Crippen LogP contribution < -0.4 is 10.9 Å². The van der Waals surface area contributed by atoms with Gasteiger partial charge in [-0.3, -0.25) is 9.59 Å². The molecule has 1 fully saturated rings. The monoisotopic (exact) mass is 360 g/mol.